The summed E-state index contributed by atoms with van der Waals surface area (Å²) in [5.41, 5.74) is 6.72. The smallest absolute Gasteiger partial charge is 0.327 e. The van der Waals surface area contributed by atoms with E-state index in [2.05, 4.69) is 0 Å². The van der Waals surface area contributed by atoms with Crippen LogP contribution in [0.2, 0.25) is 0 Å². The average molecular weight is 266 g/mol. The molecule has 0 spiro atoms. The van der Waals surface area contributed by atoms with Gasteiger partial charge >= 0.3 is 5.97 Å². The van der Waals surface area contributed by atoms with Gasteiger partial charge in [-0.2, -0.15) is 0 Å². The molecule has 2 aromatic rings. The van der Waals surface area contributed by atoms with E-state index in [9.17, 15) is 4.79 Å². The second kappa shape index (κ2) is 6.38. The van der Waals surface area contributed by atoms with E-state index in [1.165, 1.54) is 0 Å². The maximum atomic E-state index is 11.6. The van der Waals surface area contributed by atoms with E-state index in [-0.39, 0.29) is 18.4 Å². The van der Waals surface area contributed by atoms with Crippen molar-refractivity contribution in [3.63, 3.8) is 0 Å². The van der Waals surface area contributed by atoms with Gasteiger partial charge in [0.15, 0.2) is 0 Å². The van der Waals surface area contributed by atoms with Crippen molar-refractivity contribution in [2.45, 2.75) is 13.0 Å². The monoisotopic (exact) mass is 265 g/mol. The third kappa shape index (κ3) is 2.81. The van der Waals surface area contributed by atoms with Crippen LogP contribution in [-0.4, -0.2) is 12.6 Å². The van der Waals surface area contributed by atoms with E-state index in [1.807, 2.05) is 42.5 Å². The molecule has 2 N–H and O–H groups in total. The van der Waals surface area contributed by atoms with Crippen molar-refractivity contribution >= 4 is 29.1 Å². The van der Waals surface area contributed by atoms with Crippen molar-refractivity contribution in [3.8, 4) is 0 Å². The molecule has 0 aromatic heterocycles. The van der Waals surface area contributed by atoms with Gasteiger partial charge in [0.05, 0.1) is 6.61 Å². The Balaban J connectivity index is 0.00000162. The Bertz CT molecular complexity index is 537. The number of hydrogen-bond donors (Lipinski definition) is 1. The van der Waals surface area contributed by atoms with Crippen LogP contribution in [-0.2, 0) is 9.53 Å². The SMILES string of the molecule is CCOC(=O)C(N)c1cccc2ccccc12.Cl. The maximum absolute atomic E-state index is 11.6. The number of hydrogen-bond acceptors (Lipinski definition) is 3. The molecular weight excluding hydrogens is 250 g/mol. The fourth-order valence-electron chi connectivity index (χ4n) is 1.88. The summed E-state index contributed by atoms with van der Waals surface area (Å²) in [7, 11) is 0. The van der Waals surface area contributed by atoms with E-state index in [0.29, 0.717) is 6.61 Å². The first-order valence-electron chi connectivity index (χ1n) is 5.64. The van der Waals surface area contributed by atoms with Gasteiger partial charge in [-0.25, -0.2) is 4.79 Å². The van der Waals surface area contributed by atoms with Crippen LogP contribution in [0.25, 0.3) is 10.8 Å². The first-order valence-corrected chi connectivity index (χ1v) is 5.64. The van der Waals surface area contributed by atoms with Crippen LogP contribution < -0.4 is 5.73 Å². The highest BCUT2D eigenvalue weighted by molar-refractivity contribution is 5.90. The molecule has 4 heteroatoms. The molecule has 96 valence electrons. The second-order valence-corrected chi connectivity index (χ2v) is 3.80. The second-order valence-electron chi connectivity index (χ2n) is 3.80. The number of ether oxygens (including phenoxy) is 1. The summed E-state index contributed by atoms with van der Waals surface area (Å²) < 4.78 is 4.94. The van der Waals surface area contributed by atoms with E-state index < -0.39 is 6.04 Å². The first kappa shape index (κ1) is 14.5. The number of benzene rings is 2. The van der Waals surface area contributed by atoms with E-state index in [4.69, 9.17) is 10.5 Å². The Morgan fingerprint density at radius 2 is 1.89 bits per heavy atom. The minimum absolute atomic E-state index is 0. The average Bonchev–Trinajstić information content (AvgIpc) is 2.37. The Hall–Kier alpha value is -1.58. The summed E-state index contributed by atoms with van der Waals surface area (Å²) in [6, 6.07) is 12.9. The number of carbonyl (C=O) groups is 1. The van der Waals surface area contributed by atoms with Crippen LogP contribution in [0, 0.1) is 0 Å². The van der Waals surface area contributed by atoms with Crippen molar-refractivity contribution in [1.29, 1.82) is 0 Å². The van der Waals surface area contributed by atoms with Crippen molar-refractivity contribution < 1.29 is 9.53 Å². The number of halogens is 1. The van der Waals surface area contributed by atoms with Gasteiger partial charge in [-0.05, 0) is 23.3 Å². The minimum Gasteiger partial charge on any atom is -0.465 e. The van der Waals surface area contributed by atoms with Crippen LogP contribution in [0.1, 0.15) is 18.5 Å². The van der Waals surface area contributed by atoms with Crippen molar-refractivity contribution in [3.05, 3.63) is 48.0 Å². The number of fused-ring (bicyclic) bond motifs is 1. The normalized spacial score (nSPS) is 11.7. The lowest BCUT2D eigenvalue weighted by molar-refractivity contribution is -0.144. The summed E-state index contributed by atoms with van der Waals surface area (Å²) in [6.45, 7) is 2.12. The highest BCUT2D eigenvalue weighted by Gasteiger charge is 2.18. The lowest BCUT2D eigenvalue weighted by Gasteiger charge is -2.13. The van der Waals surface area contributed by atoms with Crippen molar-refractivity contribution in [2.24, 2.45) is 5.73 Å². The largest absolute Gasteiger partial charge is 0.465 e. The molecule has 0 radical (unpaired) electrons. The Labute approximate surface area is 112 Å². The summed E-state index contributed by atoms with van der Waals surface area (Å²) in [5, 5.41) is 2.07. The molecule has 2 rings (SSSR count). The van der Waals surface area contributed by atoms with Crippen molar-refractivity contribution in [2.75, 3.05) is 6.61 Å². The molecular formula is C14H16ClNO2. The van der Waals surface area contributed by atoms with Crippen LogP contribution >= 0.6 is 12.4 Å². The zero-order valence-corrected chi connectivity index (χ0v) is 10.9. The molecule has 18 heavy (non-hydrogen) atoms. The summed E-state index contributed by atoms with van der Waals surface area (Å²) in [5.74, 6) is -0.385. The van der Waals surface area contributed by atoms with Gasteiger partial charge in [0.1, 0.15) is 6.04 Å². The van der Waals surface area contributed by atoms with Gasteiger partial charge in [0.2, 0.25) is 0 Å². The van der Waals surface area contributed by atoms with E-state index >= 15 is 0 Å². The predicted molar refractivity (Wildman–Crippen MR) is 74.8 cm³/mol. The lowest BCUT2D eigenvalue weighted by atomic mass is 9.99. The molecule has 0 heterocycles. The molecule has 0 aliphatic rings. The molecule has 0 bridgehead atoms. The molecule has 0 saturated heterocycles. The molecule has 3 nitrogen and oxygen atoms in total. The molecule has 2 aromatic carbocycles. The lowest BCUT2D eigenvalue weighted by Crippen LogP contribution is -2.23. The molecule has 0 aliphatic carbocycles. The molecule has 0 saturated carbocycles. The van der Waals surface area contributed by atoms with E-state index in [0.717, 1.165) is 16.3 Å². The minimum atomic E-state index is -0.721. The van der Waals surface area contributed by atoms with Gasteiger partial charge in [0, 0.05) is 0 Å². The fraction of sp³-hybridized carbons (Fsp3) is 0.214. The molecule has 1 unspecified atom stereocenters. The van der Waals surface area contributed by atoms with Gasteiger partial charge in [0.25, 0.3) is 0 Å². The Morgan fingerprint density at radius 1 is 1.22 bits per heavy atom. The number of esters is 1. The third-order valence-electron chi connectivity index (χ3n) is 2.70. The number of nitrogens with two attached hydrogens (primary N) is 1. The third-order valence-corrected chi connectivity index (χ3v) is 2.70. The summed E-state index contributed by atoms with van der Waals surface area (Å²) >= 11 is 0. The number of rotatable bonds is 3. The fourth-order valence-corrected chi connectivity index (χ4v) is 1.88. The maximum Gasteiger partial charge on any atom is 0.327 e. The van der Waals surface area contributed by atoms with Gasteiger partial charge in [-0.1, -0.05) is 42.5 Å². The quantitative estimate of drug-likeness (QED) is 0.869. The summed E-state index contributed by atoms with van der Waals surface area (Å²) in [6.07, 6.45) is 0. The number of carbonyl (C=O) groups excluding carboxylic acids is 1. The molecule has 1 atom stereocenters. The molecule has 0 amide bonds. The highest BCUT2D eigenvalue weighted by Crippen LogP contribution is 2.23. The topological polar surface area (TPSA) is 52.3 Å². The standard InChI is InChI=1S/C14H15NO2.ClH/c1-2-17-14(16)13(15)12-9-5-7-10-6-3-4-8-11(10)12;/h3-9,13H,2,15H2,1H3;1H. The van der Waals surface area contributed by atoms with Crippen LogP contribution in [0.3, 0.4) is 0 Å². The van der Waals surface area contributed by atoms with E-state index in [1.54, 1.807) is 6.92 Å². The highest BCUT2D eigenvalue weighted by atomic mass is 35.5. The zero-order valence-electron chi connectivity index (χ0n) is 10.1. The summed E-state index contributed by atoms with van der Waals surface area (Å²) in [4.78, 5) is 11.6. The van der Waals surface area contributed by atoms with Crippen LogP contribution in [0.15, 0.2) is 42.5 Å². The van der Waals surface area contributed by atoms with Gasteiger partial charge < -0.3 is 10.5 Å². The van der Waals surface area contributed by atoms with Crippen LogP contribution in [0.5, 0.6) is 0 Å². The Morgan fingerprint density at radius 3 is 2.61 bits per heavy atom. The molecule has 0 fully saturated rings. The predicted octanol–water partition coefficient (Wildman–Crippen LogP) is 2.82. The van der Waals surface area contributed by atoms with Gasteiger partial charge in [-0.3, -0.25) is 0 Å². The molecule has 0 aliphatic heterocycles. The Kier molecular flexibility index (Phi) is 5.13. The van der Waals surface area contributed by atoms with Crippen molar-refractivity contribution in [1.82, 2.24) is 0 Å². The zero-order chi connectivity index (χ0) is 12.3. The first-order chi connectivity index (χ1) is 8.24. The van der Waals surface area contributed by atoms with Gasteiger partial charge in [-0.15, -0.1) is 12.4 Å². The van der Waals surface area contributed by atoms with Crippen LogP contribution in [0.4, 0.5) is 0 Å².